The maximum absolute atomic E-state index is 11.9. The molecule has 2 aromatic rings. The van der Waals surface area contributed by atoms with Crippen LogP contribution in [0, 0.1) is 0 Å². The van der Waals surface area contributed by atoms with Crippen LogP contribution in [0.5, 0.6) is 0 Å². The Morgan fingerprint density at radius 3 is 2.76 bits per heavy atom. The summed E-state index contributed by atoms with van der Waals surface area (Å²) < 4.78 is 11.1. The van der Waals surface area contributed by atoms with Crippen LogP contribution in [0.3, 0.4) is 0 Å². The summed E-state index contributed by atoms with van der Waals surface area (Å²) in [6.45, 7) is 1.83. The summed E-state index contributed by atoms with van der Waals surface area (Å²) in [6, 6.07) is 9.22. The number of hydrogen-bond donors (Lipinski definition) is 2. The number of thiazole rings is 1. The van der Waals surface area contributed by atoms with Crippen molar-refractivity contribution < 1.29 is 9.00 Å². The highest BCUT2D eigenvalue weighted by atomic mass is 32.2. The molecule has 0 fully saturated rings. The summed E-state index contributed by atoms with van der Waals surface area (Å²) in [5.41, 5.74) is 3.40. The monoisotopic (exact) mass is 323 g/mol. The minimum atomic E-state index is -0.937. The largest absolute Gasteiger partial charge is 0.334 e. The van der Waals surface area contributed by atoms with Crippen LogP contribution < -0.4 is 10.6 Å². The van der Waals surface area contributed by atoms with E-state index in [-0.39, 0.29) is 12.1 Å². The van der Waals surface area contributed by atoms with E-state index in [1.54, 1.807) is 11.8 Å². The molecule has 1 aromatic heterocycles. The normalized spacial score (nSPS) is 13.4. The van der Waals surface area contributed by atoms with E-state index in [4.69, 9.17) is 0 Å². The second-order valence-corrected chi connectivity index (χ2v) is 6.97. The van der Waals surface area contributed by atoms with Crippen LogP contribution in [-0.2, 0) is 10.8 Å². The molecule has 0 spiro atoms. The molecule has 0 aliphatic rings. The number of nitrogens with zero attached hydrogens (tertiary/aromatic N) is 1. The topological polar surface area (TPSA) is 71.1 Å². The summed E-state index contributed by atoms with van der Waals surface area (Å²) in [7, 11) is -0.937. The highest BCUT2D eigenvalue weighted by Crippen LogP contribution is 2.29. The van der Waals surface area contributed by atoms with Crippen molar-refractivity contribution in [1.82, 2.24) is 10.3 Å². The highest BCUT2D eigenvalue weighted by Gasteiger charge is 2.13. The quantitative estimate of drug-likeness (QED) is 0.889. The molecule has 0 saturated carbocycles. The van der Waals surface area contributed by atoms with Crippen LogP contribution >= 0.6 is 11.3 Å². The lowest BCUT2D eigenvalue weighted by Crippen LogP contribution is -2.38. The Kier molecular flexibility index (Phi) is 5.46. The van der Waals surface area contributed by atoms with Crippen LogP contribution in [0.1, 0.15) is 6.92 Å². The van der Waals surface area contributed by atoms with Crippen molar-refractivity contribution in [2.24, 2.45) is 0 Å². The standard InChI is InChI=1S/C14H17N3O2S2/c1-10(8-21(2)19)16-14(18)17-13-12(15-9-20-13)11-6-4-3-5-7-11/h3-7,9-10H,8H2,1-2H3,(H2,16,17,18). The molecule has 2 unspecified atom stereocenters. The maximum atomic E-state index is 11.9. The van der Waals surface area contributed by atoms with E-state index in [1.807, 2.05) is 37.3 Å². The van der Waals surface area contributed by atoms with Gasteiger partial charge in [-0.2, -0.15) is 0 Å². The first-order valence-electron chi connectivity index (χ1n) is 6.42. The van der Waals surface area contributed by atoms with Crippen LogP contribution in [-0.4, -0.2) is 33.3 Å². The van der Waals surface area contributed by atoms with E-state index in [9.17, 15) is 9.00 Å². The average molecular weight is 323 g/mol. The first kappa shape index (κ1) is 15.7. The first-order chi connectivity index (χ1) is 10.1. The van der Waals surface area contributed by atoms with E-state index in [0.717, 1.165) is 11.3 Å². The van der Waals surface area contributed by atoms with Gasteiger partial charge in [0.05, 0.1) is 5.51 Å². The minimum Gasteiger partial charge on any atom is -0.334 e. The van der Waals surface area contributed by atoms with E-state index in [0.29, 0.717) is 10.8 Å². The number of rotatable bonds is 5. The second kappa shape index (κ2) is 7.33. The van der Waals surface area contributed by atoms with Gasteiger partial charge >= 0.3 is 6.03 Å². The molecular formula is C14H17N3O2S2. The fourth-order valence-electron chi connectivity index (χ4n) is 1.89. The number of anilines is 1. The van der Waals surface area contributed by atoms with Gasteiger partial charge in [0.15, 0.2) is 0 Å². The minimum absolute atomic E-state index is 0.149. The molecule has 0 saturated heterocycles. The molecule has 2 atom stereocenters. The molecule has 1 aromatic carbocycles. The van der Waals surface area contributed by atoms with E-state index in [2.05, 4.69) is 15.6 Å². The van der Waals surface area contributed by atoms with Crippen LogP contribution in [0.2, 0.25) is 0 Å². The van der Waals surface area contributed by atoms with Gasteiger partial charge in [-0.15, -0.1) is 11.3 Å². The maximum Gasteiger partial charge on any atom is 0.320 e. The predicted octanol–water partition coefficient (Wildman–Crippen LogP) is 2.70. The molecule has 2 amide bonds. The van der Waals surface area contributed by atoms with Gasteiger partial charge in [-0.25, -0.2) is 9.78 Å². The Hall–Kier alpha value is -1.73. The molecule has 7 heteroatoms. The zero-order chi connectivity index (χ0) is 15.2. The lowest BCUT2D eigenvalue weighted by Gasteiger charge is -2.13. The number of carbonyl (C=O) groups excluding carboxylic acids is 1. The Morgan fingerprint density at radius 1 is 1.38 bits per heavy atom. The fraction of sp³-hybridized carbons (Fsp3) is 0.286. The van der Waals surface area contributed by atoms with Crippen molar-refractivity contribution in [3.8, 4) is 11.3 Å². The smallest absolute Gasteiger partial charge is 0.320 e. The number of urea groups is 1. The fourth-order valence-corrected chi connectivity index (χ4v) is 3.38. The van der Waals surface area contributed by atoms with Crippen LogP contribution in [0.4, 0.5) is 9.80 Å². The zero-order valence-corrected chi connectivity index (χ0v) is 13.5. The molecule has 5 nitrogen and oxygen atoms in total. The number of nitrogens with one attached hydrogen (secondary N) is 2. The van der Waals surface area contributed by atoms with Crippen molar-refractivity contribution in [3.63, 3.8) is 0 Å². The second-order valence-electron chi connectivity index (χ2n) is 4.64. The molecule has 0 radical (unpaired) electrons. The molecule has 2 N–H and O–H groups in total. The van der Waals surface area contributed by atoms with Crippen LogP contribution in [0.15, 0.2) is 35.8 Å². The van der Waals surface area contributed by atoms with Gasteiger partial charge in [-0.3, -0.25) is 9.53 Å². The summed E-state index contributed by atoms with van der Waals surface area (Å²) in [4.78, 5) is 16.2. The highest BCUT2D eigenvalue weighted by molar-refractivity contribution is 7.84. The summed E-state index contributed by atoms with van der Waals surface area (Å²) >= 11 is 1.37. The first-order valence-corrected chi connectivity index (χ1v) is 9.03. The number of amides is 2. The number of benzene rings is 1. The average Bonchev–Trinajstić information content (AvgIpc) is 2.86. The van der Waals surface area contributed by atoms with Crippen LogP contribution in [0.25, 0.3) is 11.3 Å². The van der Waals surface area contributed by atoms with Crippen molar-refractivity contribution >= 4 is 33.2 Å². The van der Waals surface area contributed by atoms with Crippen molar-refractivity contribution in [2.45, 2.75) is 13.0 Å². The molecule has 21 heavy (non-hydrogen) atoms. The molecule has 0 aliphatic heterocycles. The zero-order valence-electron chi connectivity index (χ0n) is 11.8. The molecule has 2 rings (SSSR count). The third-order valence-corrected chi connectivity index (χ3v) is 4.42. The van der Waals surface area contributed by atoms with E-state index < -0.39 is 10.8 Å². The van der Waals surface area contributed by atoms with Gasteiger partial charge in [0, 0.05) is 34.4 Å². The van der Waals surface area contributed by atoms with Gasteiger partial charge in [0.1, 0.15) is 10.7 Å². The lowest BCUT2D eigenvalue weighted by atomic mass is 10.2. The third-order valence-electron chi connectivity index (χ3n) is 2.70. The molecule has 0 aliphatic carbocycles. The molecule has 0 bridgehead atoms. The number of hydrogen-bond acceptors (Lipinski definition) is 4. The van der Waals surface area contributed by atoms with Gasteiger partial charge in [0.25, 0.3) is 0 Å². The summed E-state index contributed by atoms with van der Waals surface area (Å²) in [6.07, 6.45) is 1.62. The van der Waals surface area contributed by atoms with Gasteiger partial charge in [-0.1, -0.05) is 30.3 Å². The van der Waals surface area contributed by atoms with Crippen molar-refractivity contribution in [1.29, 1.82) is 0 Å². The SMILES string of the molecule is CC(CS(C)=O)NC(=O)Nc1scnc1-c1ccccc1. The van der Waals surface area contributed by atoms with Crippen molar-refractivity contribution in [2.75, 3.05) is 17.3 Å². The van der Waals surface area contributed by atoms with E-state index >= 15 is 0 Å². The Balaban J connectivity index is 2.03. The van der Waals surface area contributed by atoms with Gasteiger partial charge in [-0.05, 0) is 6.92 Å². The van der Waals surface area contributed by atoms with E-state index in [1.165, 1.54) is 11.3 Å². The molecule has 112 valence electrons. The number of carbonyl (C=O) groups is 1. The summed E-state index contributed by atoms with van der Waals surface area (Å²) in [5.74, 6) is 0.432. The third kappa shape index (κ3) is 4.64. The van der Waals surface area contributed by atoms with Crippen molar-refractivity contribution in [3.05, 3.63) is 35.8 Å². The predicted molar refractivity (Wildman–Crippen MR) is 88.1 cm³/mol. The van der Waals surface area contributed by atoms with Gasteiger partial charge < -0.3 is 5.32 Å². The summed E-state index contributed by atoms with van der Waals surface area (Å²) in [5, 5.41) is 6.26. The van der Waals surface area contributed by atoms with Gasteiger partial charge in [0.2, 0.25) is 0 Å². The molecular weight excluding hydrogens is 306 g/mol. The lowest BCUT2D eigenvalue weighted by molar-refractivity contribution is 0.250. The Morgan fingerprint density at radius 2 is 2.10 bits per heavy atom. The Labute approximate surface area is 130 Å². The Bertz CT molecular complexity index is 628. The number of aromatic nitrogens is 1. The molecule has 1 heterocycles.